The molecule has 3 aromatic rings. The molecule has 0 saturated heterocycles. The van der Waals surface area contributed by atoms with Crippen LogP contribution in [0.1, 0.15) is 39.7 Å². The molecule has 0 aliphatic carbocycles. The van der Waals surface area contributed by atoms with Gasteiger partial charge < -0.3 is 15.0 Å². The number of carbonyl (C=O) groups is 2. The van der Waals surface area contributed by atoms with Gasteiger partial charge in [-0.1, -0.05) is 49.4 Å². The number of hydrogen-bond donors (Lipinski definition) is 1. The van der Waals surface area contributed by atoms with E-state index in [1.54, 1.807) is 56.3 Å². The molecule has 0 heterocycles. The molecule has 2 atom stereocenters. The van der Waals surface area contributed by atoms with Gasteiger partial charge in [0.1, 0.15) is 24.2 Å². The van der Waals surface area contributed by atoms with E-state index in [1.165, 1.54) is 41.3 Å². The van der Waals surface area contributed by atoms with Crippen LogP contribution >= 0.6 is 0 Å². The zero-order chi connectivity index (χ0) is 29.3. The number of nitrogens with zero attached hydrogens (tertiary/aromatic N) is 2. The molecule has 8 nitrogen and oxygen atoms in total. The number of ether oxygens (including phenoxy) is 1. The quantitative estimate of drug-likeness (QED) is 0.321. The van der Waals surface area contributed by atoms with Gasteiger partial charge >= 0.3 is 0 Å². The lowest BCUT2D eigenvalue weighted by Gasteiger charge is -2.32. The van der Waals surface area contributed by atoms with Gasteiger partial charge in [-0.3, -0.25) is 13.9 Å². The summed E-state index contributed by atoms with van der Waals surface area (Å²) in [4.78, 5) is 28.4. The molecule has 3 rings (SSSR count). The third-order valence-corrected chi connectivity index (χ3v) is 8.25. The highest BCUT2D eigenvalue weighted by Gasteiger charge is 2.34. The molecule has 0 spiro atoms. The van der Waals surface area contributed by atoms with Crippen molar-refractivity contribution in [3.8, 4) is 5.75 Å². The first-order chi connectivity index (χ1) is 19.1. The van der Waals surface area contributed by atoms with Crippen molar-refractivity contribution in [3.63, 3.8) is 0 Å². The Hall–Kier alpha value is -3.92. The predicted octanol–water partition coefficient (Wildman–Crippen LogP) is 4.75. The minimum Gasteiger partial charge on any atom is -0.492 e. The monoisotopic (exact) mass is 569 g/mol. The Kier molecular flexibility index (Phi) is 10.7. The van der Waals surface area contributed by atoms with E-state index in [9.17, 15) is 22.4 Å². The predicted molar refractivity (Wildman–Crippen MR) is 153 cm³/mol. The molecule has 0 radical (unpaired) electrons. The highest BCUT2D eigenvalue weighted by molar-refractivity contribution is 7.92. The van der Waals surface area contributed by atoms with Crippen LogP contribution in [0.2, 0.25) is 0 Å². The summed E-state index contributed by atoms with van der Waals surface area (Å²) in [6, 6.07) is 18.9. The van der Waals surface area contributed by atoms with Crippen molar-refractivity contribution in [1.82, 2.24) is 10.2 Å². The maximum absolute atomic E-state index is 14.0. The number of amides is 2. The standard InChI is InChI=1S/C30H36FN3O5S/c1-5-22(3)32-30(36)23(4)33(20-24-16-18-25(31)19-17-24)29(35)21-34(27-14-10-11-15-28(27)39-6-2)40(37,38)26-12-8-7-9-13-26/h7-19,22-23H,5-6,20-21H2,1-4H3,(H,32,36)/t22-,23-/m1/s1. The van der Waals surface area contributed by atoms with Crippen LogP contribution in [0.25, 0.3) is 0 Å². The summed E-state index contributed by atoms with van der Waals surface area (Å²) in [6.07, 6.45) is 0.696. The van der Waals surface area contributed by atoms with E-state index in [-0.39, 0.29) is 35.7 Å². The number of sulfonamides is 1. The maximum Gasteiger partial charge on any atom is 0.264 e. The van der Waals surface area contributed by atoms with E-state index >= 15 is 0 Å². The molecular weight excluding hydrogens is 533 g/mol. The minimum absolute atomic E-state index is 0.00162. The summed E-state index contributed by atoms with van der Waals surface area (Å²) in [5.41, 5.74) is 0.783. The van der Waals surface area contributed by atoms with Gasteiger partial charge in [-0.2, -0.15) is 0 Å². The van der Waals surface area contributed by atoms with E-state index in [2.05, 4.69) is 5.32 Å². The molecule has 0 aromatic heterocycles. The Morgan fingerprint density at radius 3 is 2.17 bits per heavy atom. The summed E-state index contributed by atoms with van der Waals surface area (Å²) in [5.74, 6) is -1.12. The van der Waals surface area contributed by atoms with E-state index in [1.807, 2.05) is 13.8 Å². The van der Waals surface area contributed by atoms with Crippen molar-refractivity contribution >= 4 is 27.5 Å². The zero-order valence-corrected chi connectivity index (χ0v) is 24.0. The summed E-state index contributed by atoms with van der Waals surface area (Å²) in [6.45, 7) is 6.82. The van der Waals surface area contributed by atoms with Gasteiger partial charge in [0.25, 0.3) is 10.0 Å². The van der Waals surface area contributed by atoms with Crippen molar-refractivity contribution in [3.05, 3.63) is 90.2 Å². The van der Waals surface area contributed by atoms with E-state index in [0.29, 0.717) is 17.7 Å². The number of nitrogens with one attached hydrogen (secondary N) is 1. The summed E-state index contributed by atoms with van der Waals surface area (Å²) in [5, 5.41) is 2.88. The van der Waals surface area contributed by atoms with E-state index < -0.39 is 34.3 Å². The van der Waals surface area contributed by atoms with E-state index in [4.69, 9.17) is 4.74 Å². The number of carbonyl (C=O) groups excluding carboxylic acids is 2. The Bertz CT molecular complexity index is 1380. The average Bonchev–Trinajstić information content (AvgIpc) is 2.96. The lowest BCUT2D eigenvalue weighted by atomic mass is 10.1. The molecule has 1 N–H and O–H groups in total. The van der Waals surface area contributed by atoms with Crippen LogP contribution < -0.4 is 14.4 Å². The molecule has 10 heteroatoms. The molecule has 40 heavy (non-hydrogen) atoms. The summed E-state index contributed by atoms with van der Waals surface area (Å²) >= 11 is 0. The van der Waals surface area contributed by atoms with Crippen LogP contribution in [0, 0.1) is 5.82 Å². The third kappa shape index (κ3) is 7.59. The molecule has 0 bridgehead atoms. The van der Waals surface area contributed by atoms with Crippen LogP contribution in [0.5, 0.6) is 5.75 Å². The van der Waals surface area contributed by atoms with Gasteiger partial charge in [0.2, 0.25) is 11.8 Å². The molecule has 0 saturated carbocycles. The average molecular weight is 570 g/mol. The molecule has 0 fully saturated rings. The molecule has 3 aromatic carbocycles. The smallest absolute Gasteiger partial charge is 0.264 e. The fraction of sp³-hybridized carbons (Fsp3) is 0.333. The van der Waals surface area contributed by atoms with Gasteiger partial charge in [0.05, 0.1) is 17.2 Å². The fourth-order valence-electron chi connectivity index (χ4n) is 4.01. The van der Waals surface area contributed by atoms with Crippen molar-refractivity contribution in [2.45, 2.75) is 57.6 Å². The van der Waals surface area contributed by atoms with Crippen LogP contribution in [-0.2, 0) is 26.2 Å². The lowest BCUT2D eigenvalue weighted by molar-refractivity contribution is -0.139. The van der Waals surface area contributed by atoms with Gasteiger partial charge in [0, 0.05) is 12.6 Å². The first-order valence-electron chi connectivity index (χ1n) is 13.2. The van der Waals surface area contributed by atoms with Gasteiger partial charge in [-0.05, 0) is 69.2 Å². The normalized spacial score (nSPS) is 12.7. The Morgan fingerprint density at radius 1 is 0.925 bits per heavy atom. The van der Waals surface area contributed by atoms with Crippen molar-refractivity contribution < 1.29 is 27.1 Å². The van der Waals surface area contributed by atoms with Crippen molar-refractivity contribution in [2.24, 2.45) is 0 Å². The first-order valence-corrected chi connectivity index (χ1v) is 14.7. The first kappa shape index (κ1) is 30.6. The largest absolute Gasteiger partial charge is 0.492 e. The van der Waals surface area contributed by atoms with Gasteiger partial charge in [-0.25, -0.2) is 12.8 Å². The molecular formula is C30H36FN3O5S. The molecule has 0 unspecified atom stereocenters. The Morgan fingerprint density at radius 2 is 1.55 bits per heavy atom. The van der Waals surface area contributed by atoms with Crippen LogP contribution in [0.3, 0.4) is 0 Å². The van der Waals surface area contributed by atoms with Gasteiger partial charge in [0.15, 0.2) is 0 Å². The van der Waals surface area contributed by atoms with E-state index in [0.717, 1.165) is 4.31 Å². The number of hydrogen-bond acceptors (Lipinski definition) is 5. The van der Waals surface area contributed by atoms with Crippen molar-refractivity contribution in [1.29, 1.82) is 0 Å². The summed E-state index contributed by atoms with van der Waals surface area (Å²) < 4.78 is 48.1. The third-order valence-electron chi connectivity index (χ3n) is 6.48. The number of rotatable bonds is 13. The van der Waals surface area contributed by atoms with Crippen LogP contribution in [0.4, 0.5) is 10.1 Å². The zero-order valence-electron chi connectivity index (χ0n) is 23.2. The number of halogens is 1. The second-order valence-electron chi connectivity index (χ2n) is 9.37. The SMILES string of the molecule is CCOc1ccccc1N(CC(=O)N(Cc1ccc(F)cc1)[C@H](C)C(=O)N[C@H](C)CC)S(=O)(=O)c1ccccc1. The molecule has 0 aliphatic heterocycles. The van der Waals surface area contributed by atoms with Crippen LogP contribution in [0.15, 0.2) is 83.8 Å². The number of para-hydroxylation sites is 2. The minimum atomic E-state index is -4.22. The lowest BCUT2D eigenvalue weighted by Crippen LogP contribution is -2.52. The van der Waals surface area contributed by atoms with Crippen molar-refractivity contribution in [2.75, 3.05) is 17.5 Å². The summed E-state index contributed by atoms with van der Waals surface area (Å²) in [7, 11) is -4.22. The Labute approximate surface area is 235 Å². The van der Waals surface area contributed by atoms with Crippen LogP contribution in [-0.4, -0.2) is 50.4 Å². The molecule has 0 aliphatic rings. The fourth-order valence-corrected chi connectivity index (χ4v) is 5.45. The second-order valence-corrected chi connectivity index (χ2v) is 11.2. The number of anilines is 1. The van der Waals surface area contributed by atoms with Gasteiger partial charge in [-0.15, -0.1) is 0 Å². The molecule has 214 valence electrons. The Balaban J connectivity index is 2.06. The topological polar surface area (TPSA) is 96.0 Å². The number of benzene rings is 3. The maximum atomic E-state index is 14.0. The molecule has 2 amide bonds. The highest BCUT2D eigenvalue weighted by Crippen LogP contribution is 2.32. The second kappa shape index (κ2) is 13.9. The highest BCUT2D eigenvalue weighted by atomic mass is 32.2.